The largest absolute Gasteiger partial charge is 0.489 e. The lowest BCUT2D eigenvalue weighted by Gasteiger charge is -2.26. The summed E-state index contributed by atoms with van der Waals surface area (Å²) >= 11 is 0. The van der Waals surface area contributed by atoms with Crippen LogP contribution in [0, 0.1) is 5.92 Å². The Balaban J connectivity index is 1.89. The number of hydrogen-bond acceptors (Lipinski definition) is 4. The molecule has 6 heteroatoms. The third-order valence-corrected chi connectivity index (χ3v) is 3.88. The van der Waals surface area contributed by atoms with Crippen LogP contribution < -0.4 is 10.1 Å². The van der Waals surface area contributed by atoms with Crippen molar-refractivity contribution in [2.45, 2.75) is 13.8 Å². The van der Waals surface area contributed by atoms with Gasteiger partial charge in [-0.25, -0.2) is 4.68 Å². The summed E-state index contributed by atoms with van der Waals surface area (Å²) in [6, 6.07) is 9.76. The summed E-state index contributed by atoms with van der Waals surface area (Å²) in [6.07, 6.45) is 1.80. The van der Waals surface area contributed by atoms with E-state index in [1.165, 1.54) is 0 Å². The molecule has 2 heterocycles. The Morgan fingerprint density at radius 1 is 1.25 bits per heavy atom. The quantitative estimate of drug-likeness (QED) is 0.911. The van der Waals surface area contributed by atoms with Gasteiger partial charge in [0.25, 0.3) is 5.91 Å². The zero-order valence-corrected chi connectivity index (χ0v) is 14.2. The first-order valence-electron chi connectivity index (χ1n) is 8.43. The summed E-state index contributed by atoms with van der Waals surface area (Å²) in [6.45, 7) is 7.74. The van der Waals surface area contributed by atoms with Crippen LogP contribution in [0.5, 0.6) is 5.75 Å². The average Bonchev–Trinajstić information content (AvgIpc) is 3.05. The third-order valence-electron chi connectivity index (χ3n) is 3.88. The normalized spacial score (nSPS) is 14.9. The molecule has 6 nitrogen and oxygen atoms in total. The van der Waals surface area contributed by atoms with Crippen molar-refractivity contribution in [3.8, 4) is 11.4 Å². The fourth-order valence-corrected chi connectivity index (χ4v) is 2.60. The predicted octanol–water partition coefficient (Wildman–Crippen LogP) is 1.95. The lowest BCUT2D eigenvalue weighted by atomic mass is 10.2. The van der Waals surface area contributed by atoms with E-state index in [0.717, 1.165) is 18.8 Å². The van der Waals surface area contributed by atoms with Gasteiger partial charge >= 0.3 is 0 Å². The summed E-state index contributed by atoms with van der Waals surface area (Å²) in [4.78, 5) is 14.7. The van der Waals surface area contributed by atoms with Crippen molar-refractivity contribution in [3.63, 3.8) is 0 Å². The number of benzene rings is 1. The van der Waals surface area contributed by atoms with E-state index < -0.39 is 0 Å². The molecule has 1 fully saturated rings. The second kappa shape index (κ2) is 7.49. The highest BCUT2D eigenvalue weighted by Gasteiger charge is 2.25. The van der Waals surface area contributed by atoms with Gasteiger partial charge in [-0.1, -0.05) is 32.0 Å². The van der Waals surface area contributed by atoms with E-state index in [0.29, 0.717) is 37.1 Å². The molecule has 1 amide bonds. The van der Waals surface area contributed by atoms with Gasteiger partial charge in [0.2, 0.25) is 0 Å². The van der Waals surface area contributed by atoms with Crippen LogP contribution in [0.2, 0.25) is 0 Å². The summed E-state index contributed by atoms with van der Waals surface area (Å²) in [5.41, 5.74) is 1.30. The van der Waals surface area contributed by atoms with Gasteiger partial charge < -0.3 is 15.0 Å². The van der Waals surface area contributed by atoms with Gasteiger partial charge in [0.05, 0.1) is 18.5 Å². The van der Waals surface area contributed by atoms with E-state index in [-0.39, 0.29) is 5.91 Å². The Bertz CT molecular complexity index is 676. The third kappa shape index (κ3) is 3.76. The second-order valence-corrected chi connectivity index (χ2v) is 6.37. The zero-order valence-electron chi connectivity index (χ0n) is 14.2. The molecular weight excluding hydrogens is 304 g/mol. The number of amides is 1. The van der Waals surface area contributed by atoms with Crippen LogP contribution in [0.25, 0.3) is 5.69 Å². The van der Waals surface area contributed by atoms with E-state index in [1.54, 1.807) is 10.9 Å². The zero-order chi connectivity index (χ0) is 16.9. The lowest BCUT2D eigenvalue weighted by molar-refractivity contribution is 0.0724. The molecule has 0 atom stereocenters. The summed E-state index contributed by atoms with van der Waals surface area (Å²) in [5, 5.41) is 7.77. The Morgan fingerprint density at radius 2 is 1.96 bits per heavy atom. The Morgan fingerprint density at radius 3 is 2.62 bits per heavy atom. The number of carbonyl (C=O) groups is 1. The van der Waals surface area contributed by atoms with Crippen LogP contribution in [0.1, 0.15) is 24.3 Å². The van der Waals surface area contributed by atoms with Crippen molar-refractivity contribution >= 4 is 5.91 Å². The Kier molecular flexibility index (Phi) is 5.15. The molecule has 0 radical (unpaired) electrons. The van der Waals surface area contributed by atoms with Crippen LogP contribution in [-0.2, 0) is 0 Å². The fourth-order valence-electron chi connectivity index (χ4n) is 2.60. The van der Waals surface area contributed by atoms with E-state index in [9.17, 15) is 4.79 Å². The Hall–Kier alpha value is -2.34. The van der Waals surface area contributed by atoms with Crippen LogP contribution in [0.3, 0.4) is 0 Å². The maximum absolute atomic E-state index is 12.9. The van der Waals surface area contributed by atoms with Gasteiger partial charge in [-0.05, 0) is 18.1 Å². The smallest absolute Gasteiger partial charge is 0.278 e. The fraction of sp³-hybridized carbons (Fsp3) is 0.444. The highest BCUT2D eigenvalue weighted by molar-refractivity contribution is 5.95. The molecular formula is C18H24N4O2. The maximum atomic E-state index is 12.9. The molecule has 0 spiro atoms. The van der Waals surface area contributed by atoms with Gasteiger partial charge in [0.1, 0.15) is 0 Å². The molecule has 0 unspecified atom stereocenters. The average molecular weight is 328 g/mol. The molecule has 0 aliphatic carbocycles. The van der Waals surface area contributed by atoms with Gasteiger partial charge in [-0.3, -0.25) is 4.79 Å². The minimum absolute atomic E-state index is 0.0649. The van der Waals surface area contributed by atoms with E-state index >= 15 is 0 Å². The van der Waals surface area contributed by atoms with Gasteiger partial charge in [0.15, 0.2) is 11.4 Å². The van der Waals surface area contributed by atoms with Crippen LogP contribution in [-0.4, -0.2) is 53.4 Å². The molecule has 2 aromatic rings. The molecule has 128 valence electrons. The molecule has 1 aromatic carbocycles. The molecule has 24 heavy (non-hydrogen) atoms. The predicted molar refractivity (Wildman–Crippen MR) is 92.7 cm³/mol. The van der Waals surface area contributed by atoms with Gasteiger partial charge in [-0.2, -0.15) is 5.10 Å². The van der Waals surface area contributed by atoms with Crippen molar-refractivity contribution in [2.75, 3.05) is 32.8 Å². The van der Waals surface area contributed by atoms with E-state index in [1.807, 2.05) is 35.2 Å². The number of ether oxygens (including phenoxy) is 1. The number of para-hydroxylation sites is 1. The van der Waals surface area contributed by atoms with Crippen molar-refractivity contribution in [1.29, 1.82) is 0 Å². The molecule has 1 aliphatic heterocycles. The first-order chi connectivity index (χ1) is 11.6. The number of carbonyl (C=O) groups excluding carboxylic acids is 1. The standard InChI is InChI=1S/C18H24N4O2/c1-14(2)13-24-16-12-22(15-6-4-3-5-7-15)20-17(16)18(23)21-10-8-19-9-11-21/h3-7,12,14,19H,8-11,13H2,1-2H3. The lowest BCUT2D eigenvalue weighted by Crippen LogP contribution is -2.46. The van der Waals surface area contributed by atoms with Gasteiger partial charge in [0, 0.05) is 26.2 Å². The number of aromatic nitrogens is 2. The van der Waals surface area contributed by atoms with Crippen molar-refractivity contribution < 1.29 is 9.53 Å². The number of rotatable bonds is 5. The first-order valence-corrected chi connectivity index (χ1v) is 8.43. The van der Waals surface area contributed by atoms with Crippen LogP contribution in [0.4, 0.5) is 0 Å². The molecule has 0 bridgehead atoms. The summed E-state index contributed by atoms with van der Waals surface area (Å²) in [7, 11) is 0. The summed E-state index contributed by atoms with van der Waals surface area (Å²) in [5.74, 6) is 0.869. The molecule has 1 saturated heterocycles. The first kappa shape index (κ1) is 16.5. The minimum Gasteiger partial charge on any atom is -0.489 e. The summed E-state index contributed by atoms with van der Waals surface area (Å²) < 4.78 is 7.58. The number of nitrogens with one attached hydrogen (secondary N) is 1. The van der Waals surface area contributed by atoms with Crippen molar-refractivity contribution in [1.82, 2.24) is 20.0 Å². The van der Waals surface area contributed by atoms with Crippen LogP contribution >= 0.6 is 0 Å². The number of piperazine rings is 1. The van der Waals surface area contributed by atoms with E-state index in [2.05, 4.69) is 24.3 Å². The van der Waals surface area contributed by atoms with Crippen molar-refractivity contribution in [2.24, 2.45) is 5.92 Å². The SMILES string of the molecule is CC(C)COc1cn(-c2ccccc2)nc1C(=O)N1CCNCC1. The Labute approximate surface area is 142 Å². The maximum Gasteiger partial charge on any atom is 0.278 e. The minimum atomic E-state index is -0.0649. The number of nitrogens with zero attached hydrogens (tertiary/aromatic N) is 3. The van der Waals surface area contributed by atoms with E-state index in [4.69, 9.17) is 4.74 Å². The molecule has 1 N–H and O–H groups in total. The van der Waals surface area contributed by atoms with Crippen molar-refractivity contribution in [3.05, 3.63) is 42.2 Å². The molecule has 1 aromatic heterocycles. The highest BCUT2D eigenvalue weighted by atomic mass is 16.5. The second-order valence-electron chi connectivity index (χ2n) is 6.37. The molecule has 1 aliphatic rings. The van der Waals surface area contributed by atoms with Gasteiger partial charge in [-0.15, -0.1) is 0 Å². The molecule has 3 rings (SSSR count). The topological polar surface area (TPSA) is 59.4 Å². The highest BCUT2D eigenvalue weighted by Crippen LogP contribution is 2.22. The monoisotopic (exact) mass is 328 g/mol. The molecule has 0 saturated carbocycles. The number of hydrogen-bond donors (Lipinski definition) is 1. The van der Waals surface area contributed by atoms with Crippen LogP contribution in [0.15, 0.2) is 36.5 Å².